The van der Waals surface area contributed by atoms with Crippen LogP contribution in [0, 0.1) is 12.3 Å². The summed E-state index contributed by atoms with van der Waals surface area (Å²) in [5.74, 6) is 0.768. The molecule has 2 fully saturated rings. The van der Waals surface area contributed by atoms with Gasteiger partial charge in [0.15, 0.2) is 0 Å². The SMILES string of the molecule is Cc1nn(C)cc1C(=O)N1CCCC(COc2cccc(Cl)c2)(CC(=O)N2CCN(C)CC2)C1. The number of carbonyl (C=O) groups excluding carboxylic acids is 2. The molecule has 0 N–H and O–H groups in total. The molecule has 0 saturated carbocycles. The predicted molar refractivity (Wildman–Crippen MR) is 131 cm³/mol. The fourth-order valence-electron chi connectivity index (χ4n) is 4.96. The van der Waals surface area contributed by atoms with E-state index in [1.54, 1.807) is 23.0 Å². The van der Waals surface area contributed by atoms with Crippen molar-refractivity contribution in [3.8, 4) is 5.75 Å². The van der Waals surface area contributed by atoms with E-state index in [2.05, 4.69) is 17.0 Å². The number of rotatable bonds is 6. The van der Waals surface area contributed by atoms with Crippen LogP contribution in [0.1, 0.15) is 35.3 Å². The first-order chi connectivity index (χ1) is 16.2. The van der Waals surface area contributed by atoms with Crippen LogP contribution in [0.3, 0.4) is 0 Å². The second-order valence-electron chi connectivity index (χ2n) is 9.74. The van der Waals surface area contributed by atoms with Gasteiger partial charge in [0.1, 0.15) is 5.75 Å². The Hall–Kier alpha value is -2.58. The van der Waals surface area contributed by atoms with Crippen LogP contribution in [-0.4, -0.2) is 89.2 Å². The normalized spacial score (nSPS) is 21.5. The van der Waals surface area contributed by atoms with Crippen LogP contribution in [0.25, 0.3) is 0 Å². The summed E-state index contributed by atoms with van der Waals surface area (Å²) in [6, 6.07) is 7.30. The number of halogens is 1. The summed E-state index contributed by atoms with van der Waals surface area (Å²) in [5, 5.41) is 4.93. The summed E-state index contributed by atoms with van der Waals surface area (Å²) in [7, 11) is 3.89. The first kappa shape index (κ1) is 24.5. The number of likely N-dealkylation sites (tertiary alicyclic amines) is 1. The van der Waals surface area contributed by atoms with Gasteiger partial charge in [-0.15, -0.1) is 0 Å². The molecule has 1 aromatic heterocycles. The van der Waals surface area contributed by atoms with Gasteiger partial charge < -0.3 is 19.4 Å². The Morgan fingerprint density at radius 3 is 2.56 bits per heavy atom. The first-order valence-electron chi connectivity index (χ1n) is 11.9. The Bertz CT molecular complexity index is 1030. The van der Waals surface area contributed by atoms with Gasteiger partial charge in [0.2, 0.25) is 5.91 Å². The minimum Gasteiger partial charge on any atom is -0.493 e. The van der Waals surface area contributed by atoms with Crippen molar-refractivity contribution in [3.63, 3.8) is 0 Å². The van der Waals surface area contributed by atoms with Crippen LogP contribution in [0.4, 0.5) is 0 Å². The van der Waals surface area contributed by atoms with E-state index in [1.807, 2.05) is 35.9 Å². The number of benzene rings is 1. The Morgan fingerprint density at radius 2 is 1.88 bits per heavy atom. The number of likely N-dealkylation sites (N-methyl/N-ethyl adjacent to an activating group) is 1. The molecule has 184 valence electrons. The number of aryl methyl sites for hydroxylation is 2. The zero-order chi connectivity index (χ0) is 24.3. The molecule has 4 rings (SSSR count). The van der Waals surface area contributed by atoms with E-state index in [0.29, 0.717) is 48.1 Å². The van der Waals surface area contributed by atoms with E-state index in [-0.39, 0.29) is 11.8 Å². The van der Waals surface area contributed by atoms with Crippen LogP contribution in [0.5, 0.6) is 5.75 Å². The van der Waals surface area contributed by atoms with E-state index in [9.17, 15) is 9.59 Å². The smallest absolute Gasteiger partial charge is 0.257 e. The van der Waals surface area contributed by atoms with Crippen molar-refractivity contribution in [2.24, 2.45) is 12.5 Å². The van der Waals surface area contributed by atoms with Crippen molar-refractivity contribution in [3.05, 3.63) is 46.7 Å². The second kappa shape index (κ2) is 10.4. The van der Waals surface area contributed by atoms with Gasteiger partial charge in [-0.1, -0.05) is 17.7 Å². The molecule has 2 aliphatic heterocycles. The fraction of sp³-hybridized carbons (Fsp3) is 0.560. The van der Waals surface area contributed by atoms with Gasteiger partial charge in [-0.05, 0) is 45.0 Å². The zero-order valence-electron chi connectivity index (χ0n) is 20.3. The number of nitrogens with zero attached hydrogens (tertiary/aromatic N) is 5. The molecule has 8 nitrogen and oxygen atoms in total. The zero-order valence-corrected chi connectivity index (χ0v) is 21.1. The maximum atomic E-state index is 13.4. The monoisotopic (exact) mass is 487 g/mol. The molecule has 1 unspecified atom stereocenters. The number of piperidine rings is 1. The molecule has 0 aliphatic carbocycles. The van der Waals surface area contributed by atoms with Gasteiger partial charge >= 0.3 is 0 Å². The van der Waals surface area contributed by atoms with Gasteiger partial charge in [-0.25, -0.2) is 0 Å². The lowest BCUT2D eigenvalue weighted by Gasteiger charge is -2.43. The third kappa shape index (κ3) is 5.73. The lowest BCUT2D eigenvalue weighted by atomic mass is 9.77. The summed E-state index contributed by atoms with van der Waals surface area (Å²) in [5.41, 5.74) is 0.860. The van der Waals surface area contributed by atoms with Gasteiger partial charge in [-0.3, -0.25) is 14.3 Å². The third-order valence-corrected chi connectivity index (χ3v) is 7.15. The number of ether oxygens (including phenoxy) is 1. The molecule has 3 heterocycles. The van der Waals surface area contributed by atoms with E-state index >= 15 is 0 Å². The summed E-state index contributed by atoms with van der Waals surface area (Å²) in [6.07, 6.45) is 3.77. The maximum Gasteiger partial charge on any atom is 0.257 e. The Kier molecular flexibility index (Phi) is 7.48. The Balaban J connectivity index is 1.53. The average molecular weight is 488 g/mol. The number of hydrogen-bond donors (Lipinski definition) is 0. The van der Waals surface area contributed by atoms with Gasteiger partial charge in [-0.2, -0.15) is 5.10 Å². The van der Waals surface area contributed by atoms with Crippen LogP contribution in [-0.2, 0) is 11.8 Å². The number of piperazine rings is 1. The van der Waals surface area contributed by atoms with Crippen molar-refractivity contribution >= 4 is 23.4 Å². The van der Waals surface area contributed by atoms with Gasteiger partial charge in [0.05, 0.1) is 17.9 Å². The molecule has 1 aromatic carbocycles. The minimum atomic E-state index is -0.466. The lowest BCUT2D eigenvalue weighted by Crippen LogP contribution is -2.53. The topological polar surface area (TPSA) is 70.9 Å². The van der Waals surface area contributed by atoms with Crippen LogP contribution < -0.4 is 4.74 Å². The van der Waals surface area contributed by atoms with Crippen molar-refractivity contribution in [1.29, 1.82) is 0 Å². The molecular weight excluding hydrogens is 454 g/mol. The molecule has 0 spiro atoms. The minimum absolute atomic E-state index is 0.0375. The molecule has 2 saturated heterocycles. The summed E-state index contributed by atoms with van der Waals surface area (Å²) in [4.78, 5) is 32.8. The maximum absolute atomic E-state index is 13.4. The van der Waals surface area contributed by atoms with Gasteiger partial charge in [0.25, 0.3) is 5.91 Å². The highest BCUT2D eigenvalue weighted by Crippen LogP contribution is 2.36. The Morgan fingerprint density at radius 1 is 1.12 bits per heavy atom. The largest absolute Gasteiger partial charge is 0.493 e. The lowest BCUT2D eigenvalue weighted by molar-refractivity contribution is -0.137. The summed E-state index contributed by atoms with van der Waals surface area (Å²) in [6.45, 7) is 6.56. The highest BCUT2D eigenvalue weighted by atomic mass is 35.5. The second-order valence-corrected chi connectivity index (χ2v) is 10.2. The van der Waals surface area contributed by atoms with Gasteiger partial charge in [0, 0.05) is 69.4 Å². The quantitative estimate of drug-likeness (QED) is 0.626. The van der Waals surface area contributed by atoms with Crippen molar-refractivity contribution in [1.82, 2.24) is 24.5 Å². The third-order valence-electron chi connectivity index (χ3n) is 6.92. The van der Waals surface area contributed by atoms with Crippen LogP contribution in [0.2, 0.25) is 5.02 Å². The summed E-state index contributed by atoms with van der Waals surface area (Å²) < 4.78 is 7.84. The van der Waals surface area contributed by atoms with Crippen molar-refractivity contribution in [2.75, 3.05) is 52.9 Å². The van der Waals surface area contributed by atoms with Crippen molar-refractivity contribution in [2.45, 2.75) is 26.2 Å². The molecule has 0 radical (unpaired) electrons. The molecule has 34 heavy (non-hydrogen) atoms. The molecule has 2 amide bonds. The Labute approximate surface area is 206 Å². The first-order valence-corrected chi connectivity index (χ1v) is 12.3. The number of carbonyl (C=O) groups is 2. The van der Waals surface area contributed by atoms with Crippen molar-refractivity contribution < 1.29 is 14.3 Å². The van der Waals surface area contributed by atoms with Crippen LogP contribution >= 0.6 is 11.6 Å². The molecule has 2 aliphatic rings. The van der Waals surface area contributed by atoms with E-state index in [1.165, 1.54) is 0 Å². The number of hydrogen-bond acceptors (Lipinski definition) is 5. The van der Waals surface area contributed by atoms with E-state index in [0.717, 1.165) is 39.0 Å². The standard InChI is InChI=1S/C25H34ClN5O3/c1-19-22(16-29(3)27-19)24(33)31-9-5-8-25(17-31,18-34-21-7-4-6-20(26)14-21)15-23(32)30-12-10-28(2)11-13-30/h4,6-7,14,16H,5,8-13,15,17-18H2,1-3H3. The number of amides is 2. The molecule has 2 aromatic rings. The molecular formula is C25H34ClN5O3. The van der Waals surface area contributed by atoms with E-state index < -0.39 is 5.41 Å². The molecule has 0 bridgehead atoms. The highest BCUT2D eigenvalue weighted by Gasteiger charge is 2.41. The average Bonchev–Trinajstić information content (AvgIpc) is 3.15. The highest BCUT2D eigenvalue weighted by molar-refractivity contribution is 6.30. The number of aromatic nitrogens is 2. The van der Waals surface area contributed by atoms with E-state index in [4.69, 9.17) is 16.3 Å². The predicted octanol–water partition coefficient (Wildman–Crippen LogP) is 2.85. The molecule has 9 heteroatoms. The fourth-order valence-corrected chi connectivity index (χ4v) is 5.14. The van der Waals surface area contributed by atoms with Crippen LogP contribution in [0.15, 0.2) is 30.5 Å². The molecule has 1 atom stereocenters. The summed E-state index contributed by atoms with van der Waals surface area (Å²) >= 11 is 6.14.